The molecule has 0 fully saturated rings. The van der Waals surface area contributed by atoms with Crippen LogP contribution in [0.25, 0.3) is 0 Å². The van der Waals surface area contributed by atoms with E-state index >= 15 is 0 Å². The molecule has 0 radical (unpaired) electrons. The third-order valence-electron chi connectivity index (χ3n) is 3.84. The van der Waals surface area contributed by atoms with Crippen molar-refractivity contribution in [2.24, 2.45) is 0 Å². The first kappa shape index (κ1) is 16.2. The average Bonchev–Trinajstić information content (AvgIpc) is 2.58. The molecule has 6 heteroatoms. The average molecular weight is 343 g/mol. The lowest BCUT2D eigenvalue weighted by Crippen LogP contribution is -2.47. The van der Waals surface area contributed by atoms with Gasteiger partial charge in [-0.15, -0.1) is 0 Å². The molecular formula is C18H15ClN2O3. The van der Waals surface area contributed by atoms with Crippen LogP contribution in [0.2, 0.25) is 5.02 Å². The highest BCUT2D eigenvalue weighted by Crippen LogP contribution is 2.19. The number of nitrogens with one attached hydrogen (secondary N) is 1. The van der Waals surface area contributed by atoms with Crippen molar-refractivity contribution in [2.75, 3.05) is 6.54 Å². The van der Waals surface area contributed by atoms with Gasteiger partial charge in [0.05, 0.1) is 6.42 Å². The molecule has 0 aromatic heterocycles. The standard InChI is InChI=1S/C18H15ClN2O3/c19-14-7-5-12(6-8-14)10-20-16(22)11-21-17(23)9-13-3-1-2-4-15(13)18(21)24/h1-8H,9-11H2,(H,20,22). The third kappa shape index (κ3) is 3.46. The van der Waals surface area contributed by atoms with Crippen LogP contribution >= 0.6 is 11.6 Å². The van der Waals surface area contributed by atoms with E-state index in [1.165, 1.54) is 0 Å². The number of nitrogens with zero attached hydrogens (tertiary/aromatic N) is 1. The van der Waals surface area contributed by atoms with Crippen molar-refractivity contribution in [3.8, 4) is 0 Å². The molecule has 24 heavy (non-hydrogen) atoms. The topological polar surface area (TPSA) is 66.5 Å². The number of fused-ring (bicyclic) bond motifs is 1. The molecule has 2 aromatic rings. The Bertz CT molecular complexity index is 802. The zero-order valence-corrected chi connectivity index (χ0v) is 13.5. The number of carbonyl (C=O) groups excluding carboxylic acids is 3. The van der Waals surface area contributed by atoms with Crippen molar-refractivity contribution in [1.82, 2.24) is 10.2 Å². The smallest absolute Gasteiger partial charge is 0.261 e. The van der Waals surface area contributed by atoms with E-state index in [0.717, 1.165) is 10.5 Å². The van der Waals surface area contributed by atoms with E-state index in [1.807, 2.05) is 0 Å². The van der Waals surface area contributed by atoms with Crippen molar-refractivity contribution in [3.05, 3.63) is 70.2 Å². The van der Waals surface area contributed by atoms with Crippen LogP contribution in [0, 0.1) is 0 Å². The molecule has 3 rings (SSSR count). The quantitative estimate of drug-likeness (QED) is 0.866. The molecule has 1 aliphatic heterocycles. The molecular weight excluding hydrogens is 328 g/mol. The molecule has 3 amide bonds. The summed E-state index contributed by atoms with van der Waals surface area (Å²) in [5, 5.41) is 3.32. The predicted molar refractivity (Wildman–Crippen MR) is 89.5 cm³/mol. The van der Waals surface area contributed by atoms with Crippen molar-refractivity contribution < 1.29 is 14.4 Å². The molecule has 0 bridgehead atoms. The van der Waals surface area contributed by atoms with Crippen LogP contribution in [0.5, 0.6) is 0 Å². The van der Waals surface area contributed by atoms with Gasteiger partial charge in [-0.3, -0.25) is 19.3 Å². The van der Waals surface area contributed by atoms with E-state index in [0.29, 0.717) is 22.7 Å². The molecule has 0 saturated carbocycles. The summed E-state index contributed by atoms with van der Waals surface area (Å²) >= 11 is 5.81. The van der Waals surface area contributed by atoms with Crippen LogP contribution in [0.3, 0.4) is 0 Å². The van der Waals surface area contributed by atoms with Gasteiger partial charge in [-0.2, -0.15) is 0 Å². The van der Waals surface area contributed by atoms with Crippen molar-refractivity contribution in [1.29, 1.82) is 0 Å². The number of carbonyl (C=O) groups is 3. The van der Waals surface area contributed by atoms with Gasteiger partial charge in [0, 0.05) is 17.1 Å². The lowest BCUT2D eigenvalue weighted by atomic mass is 9.98. The largest absolute Gasteiger partial charge is 0.350 e. The summed E-state index contributed by atoms with van der Waals surface area (Å²) in [6.07, 6.45) is 0.131. The second-order valence-electron chi connectivity index (χ2n) is 5.52. The van der Waals surface area contributed by atoms with Crippen molar-refractivity contribution in [3.63, 3.8) is 0 Å². The molecule has 0 aliphatic carbocycles. The zero-order chi connectivity index (χ0) is 17.1. The van der Waals surface area contributed by atoms with Gasteiger partial charge in [-0.05, 0) is 29.3 Å². The highest BCUT2D eigenvalue weighted by atomic mass is 35.5. The van der Waals surface area contributed by atoms with Crippen LogP contribution in [-0.4, -0.2) is 29.2 Å². The van der Waals surface area contributed by atoms with E-state index in [4.69, 9.17) is 11.6 Å². The Morgan fingerprint density at radius 3 is 2.54 bits per heavy atom. The first-order valence-corrected chi connectivity index (χ1v) is 7.86. The maximum atomic E-state index is 12.4. The SMILES string of the molecule is O=C(CN1C(=O)Cc2ccccc2C1=O)NCc1ccc(Cl)cc1. The lowest BCUT2D eigenvalue weighted by Gasteiger charge is -2.26. The van der Waals surface area contributed by atoms with Crippen molar-refractivity contribution in [2.45, 2.75) is 13.0 Å². The van der Waals surface area contributed by atoms with Gasteiger partial charge in [0.15, 0.2) is 0 Å². The Hall–Kier alpha value is -2.66. The van der Waals surface area contributed by atoms with E-state index < -0.39 is 5.91 Å². The number of benzene rings is 2. The Balaban J connectivity index is 1.63. The Labute approximate surface area is 144 Å². The molecule has 0 unspecified atom stereocenters. The monoisotopic (exact) mass is 342 g/mol. The number of imide groups is 1. The van der Waals surface area contributed by atoms with Crippen LogP contribution in [0.15, 0.2) is 48.5 Å². The van der Waals surface area contributed by atoms with Gasteiger partial charge >= 0.3 is 0 Å². The van der Waals surface area contributed by atoms with E-state index in [9.17, 15) is 14.4 Å². The second-order valence-corrected chi connectivity index (χ2v) is 5.96. The summed E-state index contributed by atoms with van der Waals surface area (Å²) in [5.74, 6) is -1.17. The second kappa shape index (κ2) is 6.84. The minimum absolute atomic E-state index is 0.131. The van der Waals surface area contributed by atoms with Crippen LogP contribution in [0.1, 0.15) is 21.5 Å². The fourth-order valence-corrected chi connectivity index (χ4v) is 2.69. The van der Waals surface area contributed by atoms with Gasteiger partial charge in [0.1, 0.15) is 6.54 Å². The molecule has 5 nitrogen and oxygen atoms in total. The highest BCUT2D eigenvalue weighted by Gasteiger charge is 2.31. The summed E-state index contributed by atoms with van der Waals surface area (Å²) < 4.78 is 0. The fraction of sp³-hybridized carbons (Fsp3) is 0.167. The van der Waals surface area contributed by atoms with Crippen molar-refractivity contribution >= 4 is 29.3 Å². The fourth-order valence-electron chi connectivity index (χ4n) is 2.56. The predicted octanol–water partition coefficient (Wildman–Crippen LogP) is 2.18. The molecule has 2 aromatic carbocycles. The maximum absolute atomic E-state index is 12.4. The summed E-state index contributed by atoms with van der Waals surface area (Å²) in [7, 11) is 0. The van der Waals surface area contributed by atoms with Crippen LogP contribution in [0.4, 0.5) is 0 Å². The number of rotatable bonds is 4. The molecule has 0 spiro atoms. The number of hydrogen-bond donors (Lipinski definition) is 1. The molecule has 0 saturated heterocycles. The third-order valence-corrected chi connectivity index (χ3v) is 4.09. The minimum atomic E-state index is -0.427. The summed E-state index contributed by atoms with van der Waals surface area (Å²) in [6.45, 7) is 0.0302. The molecule has 1 aliphatic rings. The Kier molecular flexibility index (Phi) is 4.62. The molecule has 122 valence electrons. The minimum Gasteiger partial charge on any atom is -0.350 e. The number of halogens is 1. The van der Waals surface area contributed by atoms with Crippen LogP contribution < -0.4 is 5.32 Å². The normalized spacial score (nSPS) is 13.6. The Morgan fingerprint density at radius 1 is 1.08 bits per heavy atom. The maximum Gasteiger partial charge on any atom is 0.261 e. The molecule has 1 N–H and O–H groups in total. The first-order valence-electron chi connectivity index (χ1n) is 7.48. The summed E-state index contributed by atoms with van der Waals surface area (Å²) in [4.78, 5) is 37.6. The molecule has 1 heterocycles. The van der Waals surface area contributed by atoms with E-state index in [-0.39, 0.29) is 24.8 Å². The number of hydrogen-bond acceptors (Lipinski definition) is 3. The van der Waals surface area contributed by atoms with Gasteiger partial charge in [0.25, 0.3) is 5.91 Å². The Morgan fingerprint density at radius 2 is 1.79 bits per heavy atom. The summed E-state index contributed by atoms with van der Waals surface area (Å²) in [5.41, 5.74) is 2.06. The zero-order valence-electron chi connectivity index (χ0n) is 12.8. The van der Waals surface area contributed by atoms with Gasteiger partial charge in [0.2, 0.25) is 11.8 Å². The van der Waals surface area contributed by atoms with Gasteiger partial charge in [-0.25, -0.2) is 0 Å². The first-order chi connectivity index (χ1) is 11.5. The van der Waals surface area contributed by atoms with E-state index in [2.05, 4.69) is 5.32 Å². The molecule has 0 atom stereocenters. The number of amides is 3. The highest BCUT2D eigenvalue weighted by molar-refractivity contribution is 6.30. The summed E-state index contributed by atoms with van der Waals surface area (Å²) in [6, 6.07) is 14.0. The van der Waals surface area contributed by atoms with Gasteiger partial charge in [-0.1, -0.05) is 41.9 Å². The van der Waals surface area contributed by atoms with Gasteiger partial charge < -0.3 is 5.32 Å². The lowest BCUT2D eigenvalue weighted by molar-refractivity contribution is -0.133. The van der Waals surface area contributed by atoms with Crippen LogP contribution in [-0.2, 0) is 22.6 Å². The van der Waals surface area contributed by atoms with E-state index in [1.54, 1.807) is 48.5 Å².